The summed E-state index contributed by atoms with van der Waals surface area (Å²) in [6.07, 6.45) is 1.10. The lowest BCUT2D eigenvalue weighted by Gasteiger charge is -2.02. The van der Waals surface area contributed by atoms with E-state index in [1.54, 1.807) is 0 Å². The molecule has 0 saturated carbocycles. The van der Waals surface area contributed by atoms with Crippen molar-refractivity contribution in [1.82, 2.24) is 0 Å². The van der Waals surface area contributed by atoms with Crippen LogP contribution in [0.5, 0.6) is 0 Å². The highest BCUT2D eigenvalue weighted by Gasteiger charge is 2.06. The average molecular weight is 168 g/mol. The van der Waals surface area contributed by atoms with Crippen LogP contribution in [-0.4, -0.2) is 18.1 Å². The Balaban J connectivity index is 0.000000561. The van der Waals surface area contributed by atoms with Gasteiger partial charge in [0, 0.05) is 12.3 Å². The molecule has 0 spiro atoms. The van der Waals surface area contributed by atoms with Gasteiger partial charge in [-0.3, -0.25) is 4.99 Å². The molecule has 12 heavy (non-hydrogen) atoms. The van der Waals surface area contributed by atoms with Crippen LogP contribution in [0.2, 0.25) is 0 Å². The van der Waals surface area contributed by atoms with Gasteiger partial charge in [-0.2, -0.15) is 0 Å². The second-order valence-electron chi connectivity index (χ2n) is 3.04. The Morgan fingerprint density at radius 3 is 2.42 bits per heavy atom. The lowest BCUT2D eigenvalue weighted by atomic mass is 10.1. The van der Waals surface area contributed by atoms with E-state index >= 15 is 0 Å². The quantitative estimate of drug-likeness (QED) is 0.531. The SMILES string of the molecule is CC.CC1=NC(C)=NCC(C)C1. The highest BCUT2D eigenvalue weighted by atomic mass is 14.9. The fourth-order valence-corrected chi connectivity index (χ4v) is 1.21. The second-order valence-corrected chi connectivity index (χ2v) is 3.04. The van der Waals surface area contributed by atoms with Crippen LogP contribution in [-0.2, 0) is 0 Å². The van der Waals surface area contributed by atoms with Gasteiger partial charge in [-0.05, 0) is 26.2 Å². The number of aliphatic imine (C=N–C) groups is 2. The molecule has 70 valence electrons. The molecule has 0 fully saturated rings. The lowest BCUT2D eigenvalue weighted by Crippen LogP contribution is -2.02. The molecule has 0 amide bonds. The topological polar surface area (TPSA) is 24.7 Å². The van der Waals surface area contributed by atoms with Crippen molar-refractivity contribution in [1.29, 1.82) is 0 Å². The molecule has 0 aromatic rings. The molecule has 0 radical (unpaired) electrons. The molecule has 2 heteroatoms. The van der Waals surface area contributed by atoms with Crippen molar-refractivity contribution in [2.75, 3.05) is 6.54 Å². The molecular weight excluding hydrogens is 148 g/mol. The summed E-state index contributed by atoms with van der Waals surface area (Å²) in [7, 11) is 0. The zero-order valence-electron chi connectivity index (χ0n) is 8.89. The van der Waals surface area contributed by atoms with Crippen molar-refractivity contribution < 1.29 is 0 Å². The van der Waals surface area contributed by atoms with Gasteiger partial charge in [0.1, 0.15) is 5.84 Å². The Bertz CT molecular complexity index is 180. The van der Waals surface area contributed by atoms with Crippen LogP contribution in [0.1, 0.15) is 41.0 Å². The number of nitrogens with zero attached hydrogens (tertiary/aromatic N) is 2. The molecule has 1 heterocycles. The largest absolute Gasteiger partial charge is 0.270 e. The van der Waals surface area contributed by atoms with E-state index < -0.39 is 0 Å². The van der Waals surface area contributed by atoms with Crippen molar-refractivity contribution in [3.8, 4) is 0 Å². The van der Waals surface area contributed by atoms with Crippen LogP contribution in [0.3, 0.4) is 0 Å². The van der Waals surface area contributed by atoms with Crippen LogP contribution < -0.4 is 0 Å². The Kier molecular flexibility index (Phi) is 5.60. The molecule has 0 aromatic heterocycles. The fourth-order valence-electron chi connectivity index (χ4n) is 1.21. The molecule has 0 aromatic carbocycles. The van der Waals surface area contributed by atoms with Gasteiger partial charge in [0.2, 0.25) is 0 Å². The summed E-state index contributed by atoms with van der Waals surface area (Å²) in [5, 5.41) is 0. The van der Waals surface area contributed by atoms with Gasteiger partial charge < -0.3 is 0 Å². The van der Waals surface area contributed by atoms with Gasteiger partial charge in [-0.15, -0.1) is 0 Å². The molecule has 1 rings (SSSR count). The molecule has 1 unspecified atom stereocenters. The van der Waals surface area contributed by atoms with Crippen LogP contribution in [0.15, 0.2) is 9.98 Å². The third-order valence-electron chi connectivity index (χ3n) is 1.63. The number of amidine groups is 1. The number of hydrogen-bond donors (Lipinski definition) is 0. The van der Waals surface area contributed by atoms with E-state index in [-0.39, 0.29) is 0 Å². The monoisotopic (exact) mass is 168 g/mol. The van der Waals surface area contributed by atoms with E-state index in [4.69, 9.17) is 0 Å². The molecule has 1 aliphatic rings. The van der Waals surface area contributed by atoms with Crippen molar-refractivity contribution in [2.45, 2.75) is 41.0 Å². The van der Waals surface area contributed by atoms with Gasteiger partial charge in [0.25, 0.3) is 0 Å². The first-order chi connectivity index (χ1) is 5.68. The summed E-state index contributed by atoms with van der Waals surface area (Å²) in [6, 6.07) is 0. The normalized spacial score (nSPS) is 22.9. The summed E-state index contributed by atoms with van der Waals surface area (Å²) in [4.78, 5) is 8.58. The number of rotatable bonds is 0. The highest BCUT2D eigenvalue weighted by molar-refractivity contribution is 5.96. The minimum absolute atomic E-state index is 0.668. The molecule has 1 atom stereocenters. The summed E-state index contributed by atoms with van der Waals surface area (Å²) in [6.45, 7) is 11.2. The van der Waals surface area contributed by atoms with Gasteiger partial charge >= 0.3 is 0 Å². The van der Waals surface area contributed by atoms with Crippen molar-refractivity contribution in [3.63, 3.8) is 0 Å². The molecular formula is C10H20N2. The Hall–Kier alpha value is -0.660. The summed E-state index contributed by atoms with van der Waals surface area (Å²) < 4.78 is 0. The minimum Gasteiger partial charge on any atom is -0.270 e. The molecule has 0 aliphatic carbocycles. The second kappa shape index (κ2) is 5.92. The maximum atomic E-state index is 4.29. The van der Waals surface area contributed by atoms with E-state index in [0.717, 1.165) is 18.8 Å². The molecule has 2 nitrogen and oxygen atoms in total. The molecule has 0 N–H and O–H groups in total. The zero-order valence-corrected chi connectivity index (χ0v) is 8.89. The Morgan fingerprint density at radius 2 is 1.83 bits per heavy atom. The third kappa shape index (κ3) is 4.27. The lowest BCUT2D eigenvalue weighted by molar-refractivity contribution is 0.627. The predicted molar refractivity (Wildman–Crippen MR) is 56.2 cm³/mol. The van der Waals surface area contributed by atoms with E-state index in [1.807, 2.05) is 20.8 Å². The van der Waals surface area contributed by atoms with Crippen molar-refractivity contribution in [3.05, 3.63) is 0 Å². The summed E-state index contributed by atoms with van der Waals surface area (Å²) >= 11 is 0. The first kappa shape index (κ1) is 11.3. The average Bonchev–Trinajstić information content (AvgIpc) is 2.16. The summed E-state index contributed by atoms with van der Waals surface area (Å²) in [5.41, 5.74) is 1.21. The maximum Gasteiger partial charge on any atom is 0.119 e. The van der Waals surface area contributed by atoms with Gasteiger partial charge in [-0.1, -0.05) is 20.8 Å². The minimum atomic E-state index is 0.668. The molecule has 1 aliphatic heterocycles. The fraction of sp³-hybridized carbons (Fsp3) is 0.800. The third-order valence-corrected chi connectivity index (χ3v) is 1.63. The van der Waals surface area contributed by atoms with Crippen LogP contribution in [0, 0.1) is 5.92 Å². The van der Waals surface area contributed by atoms with Crippen LogP contribution in [0.25, 0.3) is 0 Å². The van der Waals surface area contributed by atoms with Gasteiger partial charge in [0.05, 0.1) is 0 Å². The van der Waals surface area contributed by atoms with Crippen LogP contribution in [0.4, 0.5) is 0 Å². The predicted octanol–water partition coefficient (Wildman–Crippen LogP) is 2.93. The number of hydrogen-bond acceptors (Lipinski definition) is 2. The molecule has 0 bridgehead atoms. The highest BCUT2D eigenvalue weighted by Crippen LogP contribution is 2.07. The molecule has 0 saturated heterocycles. The van der Waals surface area contributed by atoms with E-state index in [2.05, 4.69) is 23.8 Å². The van der Waals surface area contributed by atoms with Gasteiger partial charge in [-0.25, -0.2) is 4.99 Å². The van der Waals surface area contributed by atoms with Gasteiger partial charge in [0.15, 0.2) is 0 Å². The van der Waals surface area contributed by atoms with Crippen LogP contribution >= 0.6 is 0 Å². The van der Waals surface area contributed by atoms with E-state index in [0.29, 0.717) is 5.92 Å². The first-order valence-electron chi connectivity index (χ1n) is 4.73. The maximum absolute atomic E-state index is 4.29. The standard InChI is InChI=1S/C8H14N2.C2H6/c1-6-4-7(2)10-8(3)9-5-6;1-2/h6H,4-5H2,1-3H3;1-2H3. The zero-order chi connectivity index (χ0) is 9.56. The Morgan fingerprint density at radius 1 is 1.25 bits per heavy atom. The van der Waals surface area contributed by atoms with Crippen molar-refractivity contribution >= 4 is 11.5 Å². The van der Waals surface area contributed by atoms with E-state index in [1.165, 1.54) is 5.71 Å². The smallest absolute Gasteiger partial charge is 0.119 e. The van der Waals surface area contributed by atoms with Crippen molar-refractivity contribution in [2.24, 2.45) is 15.9 Å². The Labute approximate surface area is 75.8 Å². The first-order valence-corrected chi connectivity index (χ1v) is 4.73. The summed E-state index contributed by atoms with van der Waals surface area (Å²) in [5.74, 6) is 1.60. The van der Waals surface area contributed by atoms with E-state index in [9.17, 15) is 0 Å².